The van der Waals surface area contributed by atoms with Gasteiger partial charge in [0, 0.05) is 4.47 Å². The van der Waals surface area contributed by atoms with E-state index in [4.69, 9.17) is 5.11 Å². The van der Waals surface area contributed by atoms with Gasteiger partial charge in [0.15, 0.2) is 0 Å². The number of nitrogens with one attached hydrogen (secondary N) is 1. The number of anilines is 1. The Hall–Kier alpha value is -2.13. The lowest BCUT2D eigenvalue weighted by Crippen LogP contribution is -2.15. The van der Waals surface area contributed by atoms with Crippen LogP contribution in [0.5, 0.6) is 5.75 Å². The summed E-state index contributed by atoms with van der Waals surface area (Å²) in [5.41, 5.74) is -0.275. The van der Waals surface area contributed by atoms with E-state index in [0.717, 1.165) is 24.3 Å². The van der Waals surface area contributed by atoms with Gasteiger partial charge < -0.3 is 10.2 Å². The summed E-state index contributed by atoms with van der Waals surface area (Å²) in [6.45, 7) is 1.42. The summed E-state index contributed by atoms with van der Waals surface area (Å²) in [4.78, 5) is 10.7. The van der Waals surface area contributed by atoms with Gasteiger partial charge in [-0.1, -0.05) is 0 Å². The molecule has 2 aromatic rings. The van der Waals surface area contributed by atoms with Gasteiger partial charge in [-0.25, -0.2) is 17.6 Å². The molecule has 0 unspecified atom stereocenters. The van der Waals surface area contributed by atoms with Crippen LogP contribution in [0.1, 0.15) is 15.9 Å². The number of hydrogen-bond donors (Lipinski definition) is 3. The number of carboxylic acid groups (broad SMARTS) is 1. The summed E-state index contributed by atoms with van der Waals surface area (Å²) in [6.07, 6.45) is 0. The number of carbonyl (C=O) groups is 1. The van der Waals surface area contributed by atoms with Gasteiger partial charge in [-0.3, -0.25) is 4.72 Å². The fraction of sp³-hybridized carbons (Fsp3) is 0.0714. The molecule has 0 amide bonds. The Balaban J connectivity index is 2.51. The van der Waals surface area contributed by atoms with E-state index >= 15 is 0 Å². The maximum absolute atomic E-state index is 13.1. The topological polar surface area (TPSA) is 104 Å². The van der Waals surface area contributed by atoms with Crippen molar-refractivity contribution in [2.75, 3.05) is 4.72 Å². The summed E-state index contributed by atoms with van der Waals surface area (Å²) in [5, 5.41) is 18.6. The third kappa shape index (κ3) is 3.62. The van der Waals surface area contributed by atoms with Crippen LogP contribution in [0.4, 0.5) is 10.1 Å². The van der Waals surface area contributed by atoms with Gasteiger partial charge >= 0.3 is 5.97 Å². The average Bonchev–Trinajstić information content (AvgIpc) is 2.41. The first-order valence-corrected chi connectivity index (χ1v) is 8.44. The zero-order valence-corrected chi connectivity index (χ0v) is 14.1. The summed E-state index contributed by atoms with van der Waals surface area (Å²) >= 11 is 3.04. The average molecular weight is 404 g/mol. The smallest absolute Gasteiger partial charge is 0.339 e. The van der Waals surface area contributed by atoms with Crippen molar-refractivity contribution in [3.8, 4) is 5.75 Å². The number of sulfonamides is 1. The molecule has 0 aliphatic heterocycles. The summed E-state index contributed by atoms with van der Waals surface area (Å²) in [5.74, 6) is -2.53. The Morgan fingerprint density at radius 3 is 2.48 bits per heavy atom. The second kappa shape index (κ2) is 6.17. The number of aryl methyl sites for hydroxylation is 1. The lowest BCUT2D eigenvalue weighted by molar-refractivity contribution is 0.0693. The molecule has 3 N–H and O–H groups in total. The molecule has 122 valence electrons. The van der Waals surface area contributed by atoms with Crippen molar-refractivity contribution >= 4 is 37.6 Å². The third-order valence-electron chi connectivity index (χ3n) is 2.99. The van der Waals surface area contributed by atoms with Gasteiger partial charge in [-0.05, 0) is 58.7 Å². The molecule has 6 nitrogen and oxygen atoms in total. The van der Waals surface area contributed by atoms with Crippen molar-refractivity contribution < 1.29 is 27.8 Å². The van der Waals surface area contributed by atoms with E-state index in [-0.39, 0.29) is 20.6 Å². The van der Waals surface area contributed by atoms with Crippen molar-refractivity contribution in [1.82, 2.24) is 0 Å². The highest BCUT2D eigenvalue weighted by Crippen LogP contribution is 2.29. The molecule has 0 aromatic heterocycles. The summed E-state index contributed by atoms with van der Waals surface area (Å²) in [7, 11) is -4.13. The normalized spacial score (nSPS) is 11.3. The third-order valence-corrected chi connectivity index (χ3v) is 5.15. The molecular formula is C14H11BrFNO5S. The van der Waals surface area contributed by atoms with Crippen LogP contribution in [0.25, 0.3) is 0 Å². The predicted molar refractivity (Wildman–Crippen MR) is 84.7 cm³/mol. The Bertz CT molecular complexity index is 898. The minimum absolute atomic E-state index is 0.0933. The molecule has 0 radical (unpaired) electrons. The predicted octanol–water partition coefficient (Wildman–Crippen LogP) is 3.10. The molecule has 0 bridgehead atoms. The number of benzene rings is 2. The van der Waals surface area contributed by atoms with Gasteiger partial charge in [0.1, 0.15) is 17.1 Å². The Kier molecular flexibility index (Phi) is 4.62. The fourth-order valence-electron chi connectivity index (χ4n) is 1.91. The quantitative estimate of drug-likeness (QED) is 0.727. The van der Waals surface area contributed by atoms with Gasteiger partial charge in [0.25, 0.3) is 10.0 Å². The Morgan fingerprint density at radius 2 is 1.91 bits per heavy atom. The van der Waals surface area contributed by atoms with Crippen LogP contribution in [-0.4, -0.2) is 24.6 Å². The second-order valence-corrected chi connectivity index (χ2v) is 7.17. The summed E-state index contributed by atoms with van der Waals surface area (Å²) < 4.78 is 40.4. The number of aromatic hydroxyl groups is 1. The molecule has 9 heteroatoms. The van der Waals surface area contributed by atoms with E-state index in [9.17, 15) is 22.7 Å². The van der Waals surface area contributed by atoms with E-state index in [0.29, 0.717) is 0 Å². The Morgan fingerprint density at radius 1 is 1.26 bits per heavy atom. The zero-order chi connectivity index (χ0) is 17.4. The largest absolute Gasteiger partial charge is 0.507 e. The molecule has 0 saturated carbocycles. The monoisotopic (exact) mass is 403 g/mol. The molecule has 23 heavy (non-hydrogen) atoms. The molecular weight excluding hydrogens is 393 g/mol. The lowest BCUT2D eigenvalue weighted by atomic mass is 10.1. The number of halogens is 2. The van der Waals surface area contributed by atoms with E-state index < -0.39 is 33.1 Å². The van der Waals surface area contributed by atoms with Gasteiger partial charge in [0.2, 0.25) is 0 Å². The highest BCUT2D eigenvalue weighted by atomic mass is 79.9. The number of rotatable bonds is 4. The fourth-order valence-corrected chi connectivity index (χ4v) is 3.82. The van der Waals surface area contributed by atoms with E-state index in [1.165, 1.54) is 13.0 Å². The molecule has 0 spiro atoms. The number of phenols is 1. The minimum atomic E-state index is -4.13. The van der Waals surface area contributed by atoms with Crippen molar-refractivity contribution in [3.63, 3.8) is 0 Å². The Labute approximate surface area is 139 Å². The second-order valence-electron chi connectivity index (χ2n) is 4.67. The van der Waals surface area contributed by atoms with Gasteiger partial charge in [-0.2, -0.15) is 0 Å². The highest BCUT2D eigenvalue weighted by Gasteiger charge is 2.22. The standard InChI is InChI=1S/C14H11BrFNO5S/c1-7-4-12(18)9(14(19)20)6-13(7)23(21,22)17-11-3-2-8(16)5-10(11)15/h2-6,17-18H,1H3,(H,19,20). The first-order chi connectivity index (χ1) is 10.6. The molecule has 0 fully saturated rings. The first kappa shape index (κ1) is 17.2. The van der Waals surface area contributed by atoms with Crippen LogP contribution in [0.15, 0.2) is 39.7 Å². The van der Waals surface area contributed by atoms with Crippen molar-refractivity contribution in [3.05, 3.63) is 51.7 Å². The molecule has 0 atom stereocenters. The summed E-state index contributed by atoms with van der Waals surface area (Å²) in [6, 6.07) is 5.31. The molecule has 2 aromatic carbocycles. The molecule has 0 aliphatic carbocycles. The number of aromatic carboxylic acids is 1. The maximum atomic E-state index is 13.1. The number of hydrogen-bond acceptors (Lipinski definition) is 4. The molecule has 0 heterocycles. The van der Waals surface area contributed by atoms with Crippen LogP contribution >= 0.6 is 15.9 Å². The van der Waals surface area contributed by atoms with Gasteiger partial charge in [-0.15, -0.1) is 0 Å². The SMILES string of the molecule is Cc1cc(O)c(C(=O)O)cc1S(=O)(=O)Nc1ccc(F)cc1Br. The van der Waals surface area contributed by atoms with E-state index in [1.54, 1.807) is 0 Å². The minimum Gasteiger partial charge on any atom is -0.507 e. The molecule has 0 aliphatic rings. The molecule has 0 saturated heterocycles. The first-order valence-electron chi connectivity index (χ1n) is 6.16. The number of carboxylic acids is 1. The van der Waals surface area contributed by atoms with Crippen molar-refractivity contribution in [2.45, 2.75) is 11.8 Å². The zero-order valence-electron chi connectivity index (χ0n) is 11.7. The van der Waals surface area contributed by atoms with Crippen LogP contribution < -0.4 is 4.72 Å². The highest BCUT2D eigenvalue weighted by molar-refractivity contribution is 9.10. The molecule has 2 rings (SSSR count). The lowest BCUT2D eigenvalue weighted by Gasteiger charge is -2.13. The van der Waals surface area contributed by atoms with Gasteiger partial charge in [0.05, 0.1) is 10.6 Å². The van der Waals surface area contributed by atoms with Crippen LogP contribution in [0, 0.1) is 12.7 Å². The van der Waals surface area contributed by atoms with E-state index in [2.05, 4.69) is 20.7 Å². The van der Waals surface area contributed by atoms with Crippen LogP contribution in [0.2, 0.25) is 0 Å². The maximum Gasteiger partial charge on any atom is 0.339 e. The van der Waals surface area contributed by atoms with Crippen LogP contribution in [-0.2, 0) is 10.0 Å². The van der Waals surface area contributed by atoms with Crippen molar-refractivity contribution in [2.24, 2.45) is 0 Å². The van der Waals surface area contributed by atoms with Crippen molar-refractivity contribution in [1.29, 1.82) is 0 Å². The van der Waals surface area contributed by atoms with Crippen LogP contribution in [0.3, 0.4) is 0 Å². The van der Waals surface area contributed by atoms with E-state index in [1.807, 2.05) is 0 Å².